The van der Waals surface area contributed by atoms with Crippen LogP contribution in [0.3, 0.4) is 0 Å². The topological polar surface area (TPSA) is 29.3 Å². The molecule has 0 bridgehead atoms. The molecule has 0 atom stereocenters. The molecule has 0 aliphatic heterocycles. The van der Waals surface area contributed by atoms with Crippen LogP contribution in [-0.2, 0) is 6.42 Å². The highest BCUT2D eigenvalue weighted by Crippen LogP contribution is 2.30. The Hall–Kier alpha value is -0.730. The molecule has 0 heterocycles. The second-order valence-corrected chi connectivity index (χ2v) is 5.30. The van der Waals surface area contributed by atoms with Crippen molar-refractivity contribution < 1.29 is 0 Å². The van der Waals surface area contributed by atoms with E-state index in [4.69, 9.17) is 17.3 Å². The standard InChI is InChI=1S/C14H21ClN2/c1-17(13-4-2-3-5-13)14-7-6-12(15)10-11(14)8-9-16/h6-7,10,13H,2-5,8-9,16H2,1H3. The Kier molecular flexibility index (Phi) is 4.30. The molecule has 17 heavy (non-hydrogen) atoms. The molecule has 3 heteroatoms. The summed E-state index contributed by atoms with van der Waals surface area (Å²) in [5, 5.41) is 0.803. The van der Waals surface area contributed by atoms with E-state index in [9.17, 15) is 0 Å². The molecule has 0 spiro atoms. The maximum atomic E-state index is 6.06. The molecule has 2 nitrogen and oxygen atoms in total. The lowest BCUT2D eigenvalue weighted by atomic mass is 10.1. The van der Waals surface area contributed by atoms with Crippen LogP contribution in [0, 0.1) is 0 Å². The fraction of sp³-hybridized carbons (Fsp3) is 0.571. The monoisotopic (exact) mass is 252 g/mol. The zero-order chi connectivity index (χ0) is 12.3. The molecule has 0 aromatic heterocycles. The Labute approximate surface area is 109 Å². The number of rotatable bonds is 4. The maximum Gasteiger partial charge on any atom is 0.0410 e. The Bertz CT molecular complexity index is 372. The fourth-order valence-electron chi connectivity index (χ4n) is 2.74. The second-order valence-electron chi connectivity index (χ2n) is 4.86. The van der Waals surface area contributed by atoms with Gasteiger partial charge in [-0.25, -0.2) is 0 Å². The van der Waals surface area contributed by atoms with Gasteiger partial charge in [0, 0.05) is 23.8 Å². The molecule has 0 amide bonds. The van der Waals surface area contributed by atoms with Gasteiger partial charge in [0.15, 0.2) is 0 Å². The molecule has 1 aliphatic rings. The van der Waals surface area contributed by atoms with Crippen molar-refractivity contribution in [3.8, 4) is 0 Å². The van der Waals surface area contributed by atoms with Crippen LogP contribution < -0.4 is 10.6 Å². The minimum Gasteiger partial charge on any atom is -0.371 e. The van der Waals surface area contributed by atoms with E-state index in [2.05, 4.69) is 24.1 Å². The Morgan fingerprint density at radius 2 is 2.06 bits per heavy atom. The molecule has 0 saturated heterocycles. The van der Waals surface area contributed by atoms with Crippen LogP contribution in [0.2, 0.25) is 5.02 Å². The van der Waals surface area contributed by atoms with Crippen LogP contribution >= 0.6 is 11.6 Å². The van der Waals surface area contributed by atoms with E-state index in [1.807, 2.05) is 6.07 Å². The summed E-state index contributed by atoms with van der Waals surface area (Å²) in [5.74, 6) is 0. The molecule has 94 valence electrons. The molecule has 0 radical (unpaired) electrons. The minimum atomic E-state index is 0.672. The lowest BCUT2D eigenvalue weighted by Gasteiger charge is -2.28. The number of anilines is 1. The summed E-state index contributed by atoms with van der Waals surface area (Å²) in [6.07, 6.45) is 6.22. The number of hydrogen-bond donors (Lipinski definition) is 1. The Balaban J connectivity index is 2.23. The summed E-state index contributed by atoms with van der Waals surface area (Å²) in [4.78, 5) is 2.41. The molecular formula is C14H21ClN2. The maximum absolute atomic E-state index is 6.06. The number of benzene rings is 1. The second kappa shape index (κ2) is 5.74. The third-order valence-corrected chi connectivity index (χ3v) is 3.94. The molecule has 1 aromatic rings. The zero-order valence-corrected chi connectivity index (χ0v) is 11.2. The number of nitrogens with zero attached hydrogens (tertiary/aromatic N) is 1. The average molecular weight is 253 g/mol. The molecule has 2 rings (SSSR count). The van der Waals surface area contributed by atoms with Crippen LogP contribution in [-0.4, -0.2) is 19.6 Å². The lowest BCUT2D eigenvalue weighted by molar-refractivity contribution is 0.650. The van der Waals surface area contributed by atoms with Gasteiger partial charge in [0.2, 0.25) is 0 Å². The first-order chi connectivity index (χ1) is 8.22. The van der Waals surface area contributed by atoms with Crippen molar-refractivity contribution in [2.75, 3.05) is 18.5 Å². The van der Waals surface area contributed by atoms with Crippen LogP contribution in [0.4, 0.5) is 5.69 Å². The van der Waals surface area contributed by atoms with Gasteiger partial charge in [-0.3, -0.25) is 0 Å². The first kappa shape index (κ1) is 12.7. The predicted octanol–water partition coefficient (Wildman–Crippen LogP) is 3.22. The van der Waals surface area contributed by atoms with Gasteiger partial charge in [-0.1, -0.05) is 24.4 Å². The fourth-order valence-corrected chi connectivity index (χ4v) is 2.94. The van der Waals surface area contributed by atoms with Crippen molar-refractivity contribution in [3.63, 3.8) is 0 Å². The zero-order valence-electron chi connectivity index (χ0n) is 10.5. The van der Waals surface area contributed by atoms with E-state index in [1.165, 1.54) is 36.9 Å². The normalized spacial score (nSPS) is 16.4. The van der Waals surface area contributed by atoms with Crippen molar-refractivity contribution in [3.05, 3.63) is 28.8 Å². The quantitative estimate of drug-likeness (QED) is 0.892. The third kappa shape index (κ3) is 2.93. The highest BCUT2D eigenvalue weighted by molar-refractivity contribution is 6.30. The first-order valence-electron chi connectivity index (χ1n) is 6.43. The van der Waals surface area contributed by atoms with Gasteiger partial charge in [-0.05, 0) is 49.6 Å². The van der Waals surface area contributed by atoms with E-state index in [0.29, 0.717) is 12.6 Å². The van der Waals surface area contributed by atoms with E-state index in [-0.39, 0.29) is 0 Å². The third-order valence-electron chi connectivity index (χ3n) is 3.71. The van der Waals surface area contributed by atoms with E-state index >= 15 is 0 Å². The van der Waals surface area contributed by atoms with Gasteiger partial charge in [-0.2, -0.15) is 0 Å². The van der Waals surface area contributed by atoms with Gasteiger partial charge in [0.25, 0.3) is 0 Å². The number of hydrogen-bond acceptors (Lipinski definition) is 2. The highest BCUT2D eigenvalue weighted by atomic mass is 35.5. The smallest absolute Gasteiger partial charge is 0.0410 e. The van der Waals surface area contributed by atoms with E-state index in [0.717, 1.165) is 11.4 Å². The summed E-state index contributed by atoms with van der Waals surface area (Å²) in [6.45, 7) is 0.672. The van der Waals surface area contributed by atoms with E-state index in [1.54, 1.807) is 0 Å². The summed E-state index contributed by atoms with van der Waals surface area (Å²) >= 11 is 6.06. The molecule has 1 aliphatic carbocycles. The van der Waals surface area contributed by atoms with Gasteiger partial charge < -0.3 is 10.6 Å². The minimum absolute atomic E-state index is 0.672. The van der Waals surface area contributed by atoms with Crippen LogP contribution in [0.25, 0.3) is 0 Å². The van der Waals surface area contributed by atoms with Crippen molar-refractivity contribution in [1.29, 1.82) is 0 Å². The van der Waals surface area contributed by atoms with Gasteiger partial charge >= 0.3 is 0 Å². The van der Waals surface area contributed by atoms with Crippen molar-refractivity contribution in [1.82, 2.24) is 0 Å². The molecular weight excluding hydrogens is 232 g/mol. The number of halogens is 1. The van der Waals surface area contributed by atoms with Gasteiger partial charge in [-0.15, -0.1) is 0 Å². The molecule has 2 N–H and O–H groups in total. The molecule has 1 saturated carbocycles. The summed E-state index contributed by atoms with van der Waals surface area (Å²) in [6, 6.07) is 6.84. The van der Waals surface area contributed by atoms with Gasteiger partial charge in [0.05, 0.1) is 0 Å². The van der Waals surface area contributed by atoms with Crippen molar-refractivity contribution in [2.24, 2.45) is 5.73 Å². The summed E-state index contributed by atoms with van der Waals surface area (Å²) in [5.41, 5.74) is 8.24. The summed E-state index contributed by atoms with van der Waals surface area (Å²) in [7, 11) is 2.19. The highest BCUT2D eigenvalue weighted by Gasteiger charge is 2.21. The predicted molar refractivity (Wildman–Crippen MR) is 74.9 cm³/mol. The first-order valence-corrected chi connectivity index (χ1v) is 6.81. The SMILES string of the molecule is CN(c1ccc(Cl)cc1CCN)C1CCCC1. The Morgan fingerprint density at radius 1 is 1.35 bits per heavy atom. The van der Waals surface area contributed by atoms with Crippen molar-refractivity contribution >= 4 is 17.3 Å². The Morgan fingerprint density at radius 3 is 2.71 bits per heavy atom. The van der Waals surface area contributed by atoms with E-state index < -0.39 is 0 Å². The lowest BCUT2D eigenvalue weighted by Crippen LogP contribution is -2.29. The van der Waals surface area contributed by atoms with Crippen LogP contribution in [0.1, 0.15) is 31.2 Å². The largest absolute Gasteiger partial charge is 0.371 e. The molecule has 1 aromatic carbocycles. The van der Waals surface area contributed by atoms with Gasteiger partial charge in [0.1, 0.15) is 0 Å². The van der Waals surface area contributed by atoms with Crippen LogP contribution in [0.5, 0.6) is 0 Å². The summed E-state index contributed by atoms with van der Waals surface area (Å²) < 4.78 is 0. The van der Waals surface area contributed by atoms with Crippen LogP contribution in [0.15, 0.2) is 18.2 Å². The molecule has 0 unspecified atom stereocenters. The average Bonchev–Trinajstić information content (AvgIpc) is 2.82. The number of nitrogens with two attached hydrogens (primary N) is 1. The molecule has 1 fully saturated rings. The van der Waals surface area contributed by atoms with Crippen molar-refractivity contribution in [2.45, 2.75) is 38.1 Å².